The molecule has 0 aliphatic rings. The number of nitrogens with one attached hydrogen (secondary N) is 2. The maximum Gasteiger partial charge on any atom is 0.251 e. The van der Waals surface area contributed by atoms with Crippen LogP contribution in [0.4, 0.5) is 11.6 Å². The van der Waals surface area contributed by atoms with Gasteiger partial charge < -0.3 is 20.1 Å². The highest BCUT2D eigenvalue weighted by Crippen LogP contribution is 2.26. The molecule has 0 radical (unpaired) electrons. The third kappa shape index (κ3) is 5.28. The predicted octanol–water partition coefficient (Wildman–Crippen LogP) is 4.96. The third-order valence-electron chi connectivity index (χ3n) is 5.57. The quantitative estimate of drug-likeness (QED) is 0.291. The number of hydrogen-bond acceptors (Lipinski definition) is 6. The fourth-order valence-corrected chi connectivity index (χ4v) is 3.74. The first-order valence-electron chi connectivity index (χ1n) is 11.5. The van der Waals surface area contributed by atoms with Crippen LogP contribution in [0.3, 0.4) is 0 Å². The fourth-order valence-electron chi connectivity index (χ4n) is 3.74. The lowest BCUT2D eigenvalue weighted by Crippen LogP contribution is -2.28. The molecule has 0 atom stereocenters. The Hall–Kier alpha value is -4.85. The molecule has 0 saturated carbocycles. The van der Waals surface area contributed by atoms with E-state index in [-0.39, 0.29) is 5.91 Å². The molecule has 0 unspecified atom stereocenters. The standard InChI is InChI=1S/C28H25N5O3/c1-35-23-15-11-20(12-16-23)25-8-5-18-33-26(25)31-28(32-33)30-22-13-9-21(10-14-22)27(34)29-17-19-36-24-6-3-2-4-7-24/h2-16,18H,17,19H2,1H3,(H,29,34)(H,30,32). The predicted molar refractivity (Wildman–Crippen MR) is 139 cm³/mol. The van der Waals surface area contributed by atoms with Gasteiger partial charge in [0.25, 0.3) is 5.91 Å². The molecule has 0 saturated heterocycles. The zero-order valence-corrected chi connectivity index (χ0v) is 19.7. The zero-order chi connectivity index (χ0) is 24.7. The van der Waals surface area contributed by atoms with Crippen molar-refractivity contribution in [1.82, 2.24) is 19.9 Å². The normalized spacial score (nSPS) is 10.7. The second-order valence-electron chi connectivity index (χ2n) is 7.97. The Labute approximate surface area is 208 Å². The monoisotopic (exact) mass is 479 g/mol. The first-order chi connectivity index (χ1) is 17.7. The van der Waals surface area contributed by atoms with Crippen molar-refractivity contribution in [2.45, 2.75) is 0 Å². The van der Waals surface area contributed by atoms with Crippen LogP contribution in [0.1, 0.15) is 10.4 Å². The van der Waals surface area contributed by atoms with Crippen LogP contribution < -0.4 is 20.1 Å². The van der Waals surface area contributed by atoms with Crippen LogP contribution in [0.2, 0.25) is 0 Å². The SMILES string of the molecule is COc1ccc(-c2cccn3nc(Nc4ccc(C(=O)NCCOc5ccccc5)cc4)nc23)cc1. The highest BCUT2D eigenvalue weighted by molar-refractivity contribution is 5.94. The van der Waals surface area contributed by atoms with E-state index in [0.29, 0.717) is 24.7 Å². The number of hydrogen-bond donors (Lipinski definition) is 2. The lowest BCUT2D eigenvalue weighted by atomic mass is 10.1. The molecule has 2 heterocycles. The molecule has 0 fully saturated rings. The summed E-state index contributed by atoms with van der Waals surface area (Å²) < 4.78 is 12.6. The summed E-state index contributed by atoms with van der Waals surface area (Å²) in [6, 6.07) is 28.4. The van der Waals surface area contributed by atoms with Crippen molar-refractivity contribution in [3.8, 4) is 22.6 Å². The second kappa shape index (κ2) is 10.6. The van der Waals surface area contributed by atoms with E-state index in [1.165, 1.54) is 0 Å². The number of methoxy groups -OCH3 is 1. The summed E-state index contributed by atoms with van der Waals surface area (Å²) in [6.07, 6.45) is 1.86. The molecular weight excluding hydrogens is 454 g/mol. The van der Waals surface area contributed by atoms with Gasteiger partial charge in [0, 0.05) is 23.0 Å². The van der Waals surface area contributed by atoms with Gasteiger partial charge in [0.2, 0.25) is 5.95 Å². The summed E-state index contributed by atoms with van der Waals surface area (Å²) >= 11 is 0. The molecule has 8 nitrogen and oxygen atoms in total. The number of pyridine rings is 1. The maximum absolute atomic E-state index is 12.4. The topological polar surface area (TPSA) is 89.8 Å². The Morgan fingerprint density at radius 3 is 2.42 bits per heavy atom. The zero-order valence-electron chi connectivity index (χ0n) is 19.7. The van der Waals surface area contributed by atoms with E-state index in [9.17, 15) is 4.79 Å². The summed E-state index contributed by atoms with van der Waals surface area (Å²) in [4.78, 5) is 17.1. The molecule has 5 rings (SSSR count). The third-order valence-corrected chi connectivity index (χ3v) is 5.57. The van der Waals surface area contributed by atoms with E-state index in [0.717, 1.165) is 34.0 Å². The molecule has 8 heteroatoms. The summed E-state index contributed by atoms with van der Waals surface area (Å²) in [7, 11) is 1.65. The maximum atomic E-state index is 12.4. The first kappa shape index (κ1) is 22.9. The smallest absolute Gasteiger partial charge is 0.251 e. The molecule has 2 aromatic heterocycles. The molecule has 1 amide bonds. The molecule has 36 heavy (non-hydrogen) atoms. The minimum atomic E-state index is -0.159. The van der Waals surface area contributed by atoms with Gasteiger partial charge in [-0.1, -0.05) is 30.3 Å². The van der Waals surface area contributed by atoms with E-state index in [1.54, 1.807) is 23.8 Å². The molecule has 3 aromatic carbocycles. The van der Waals surface area contributed by atoms with Crippen molar-refractivity contribution >= 4 is 23.2 Å². The van der Waals surface area contributed by atoms with Crippen LogP contribution in [-0.4, -0.2) is 40.8 Å². The summed E-state index contributed by atoms with van der Waals surface area (Å²) in [5, 5.41) is 10.6. The summed E-state index contributed by atoms with van der Waals surface area (Å²) in [5.41, 5.74) is 4.05. The molecule has 5 aromatic rings. The van der Waals surface area contributed by atoms with Gasteiger partial charge in [-0.2, -0.15) is 4.98 Å². The van der Waals surface area contributed by atoms with E-state index >= 15 is 0 Å². The Kier molecular flexibility index (Phi) is 6.75. The van der Waals surface area contributed by atoms with Gasteiger partial charge in [-0.25, -0.2) is 4.52 Å². The first-order valence-corrected chi connectivity index (χ1v) is 11.5. The highest BCUT2D eigenvalue weighted by Gasteiger charge is 2.11. The number of amides is 1. The van der Waals surface area contributed by atoms with Crippen molar-refractivity contribution < 1.29 is 14.3 Å². The highest BCUT2D eigenvalue weighted by atomic mass is 16.5. The minimum Gasteiger partial charge on any atom is -0.497 e. The van der Waals surface area contributed by atoms with E-state index in [4.69, 9.17) is 9.47 Å². The number of carbonyl (C=O) groups excluding carboxylic acids is 1. The molecule has 0 aliphatic carbocycles. The Morgan fingerprint density at radius 1 is 0.889 bits per heavy atom. The van der Waals surface area contributed by atoms with Crippen molar-refractivity contribution in [2.24, 2.45) is 0 Å². The van der Waals surface area contributed by atoms with Crippen LogP contribution in [0.5, 0.6) is 11.5 Å². The Morgan fingerprint density at radius 2 is 1.67 bits per heavy atom. The average Bonchev–Trinajstić information content (AvgIpc) is 3.34. The van der Waals surface area contributed by atoms with Crippen LogP contribution in [0, 0.1) is 0 Å². The Balaban J connectivity index is 1.21. The van der Waals surface area contributed by atoms with Crippen molar-refractivity contribution in [3.05, 3.63) is 103 Å². The van der Waals surface area contributed by atoms with Gasteiger partial charge in [-0.3, -0.25) is 4.79 Å². The number of rotatable bonds is 9. The number of carbonyl (C=O) groups is 1. The van der Waals surface area contributed by atoms with Gasteiger partial charge in [0.1, 0.15) is 18.1 Å². The largest absolute Gasteiger partial charge is 0.497 e. The molecule has 2 N–H and O–H groups in total. The van der Waals surface area contributed by atoms with Gasteiger partial charge >= 0.3 is 0 Å². The molecule has 0 spiro atoms. The summed E-state index contributed by atoms with van der Waals surface area (Å²) in [5.74, 6) is 1.88. The average molecular weight is 480 g/mol. The van der Waals surface area contributed by atoms with Gasteiger partial charge in [-0.15, -0.1) is 5.10 Å². The number of ether oxygens (including phenoxy) is 2. The van der Waals surface area contributed by atoms with E-state index < -0.39 is 0 Å². The second-order valence-corrected chi connectivity index (χ2v) is 7.97. The van der Waals surface area contributed by atoms with Crippen molar-refractivity contribution in [1.29, 1.82) is 0 Å². The minimum absolute atomic E-state index is 0.159. The van der Waals surface area contributed by atoms with E-state index in [1.807, 2.05) is 85.1 Å². The van der Waals surface area contributed by atoms with Crippen LogP contribution in [0.25, 0.3) is 16.8 Å². The number of para-hydroxylation sites is 1. The number of aromatic nitrogens is 3. The number of fused-ring (bicyclic) bond motifs is 1. The number of anilines is 2. The van der Waals surface area contributed by atoms with Crippen molar-refractivity contribution in [2.75, 3.05) is 25.6 Å². The van der Waals surface area contributed by atoms with E-state index in [2.05, 4.69) is 20.7 Å². The molecule has 180 valence electrons. The van der Waals surface area contributed by atoms with Gasteiger partial charge in [0.15, 0.2) is 5.65 Å². The number of benzene rings is 3. The molecule has 0 aliphatic heterocycles. The lowest BCUT2D eigenvalue weighted by Gasteiger charge is -2.08. The Bertz CT molecular complexity index is 1450. The van der Waals surface area contributed by atoms with Gasteiger partial charge in [-0.05, 0) is 66.2 Å². The number of nitrogens with zero attached hydrogens (tertiary/aromatic N) is 3. The molecular formula is C28H25N5O3. The van der Waals surface area contributed by atoms with Crippen LogP contribution in [0.15, 0.2) is 97.2 Å². The van der Waals surface area contributed by atoms with Gasteiger partial charge in [0.05, 0.1) is 13.7 Å². The fraction of sp³-hybridized carbons (Fsp3) is 0.107. The van der Waals surface area contributed by atoms with Crippen LogP contribution >= 0.6 is 0 Å². The lowest BCUT2D eigenvalue weighted by molar-refractivity contribution is 0.0947. The summed E-state index contributed by atoms with van der Waals surface area (Å²) in [6.45, 7) is 0.808. The molecule has 0 bridgehead atoms. The van der Waals surface area contributed by atoms with Crippen molar-refractivity contribution in [3.63, 3.8) is 0 Å². The van der Waals surface area contributed by atoms with Crippen LogP contribution in [-0.2, 0) is 0 Å².